The summed E-state index contributed by atoms with van der Waals surface area (Å²) in [4.78, 5) is 6.59. The lowest BCUT2D eigenvalue weighted by molar-refractivity contribution is 0.0698. The van der Waals surface area contributed by atoms with Crippen molar-refractivity contribution in [3.8, 4) is 0 Å². The maximum Gasteiger partial charge on any atom is 0.191 e. The number of rotatable bonds is 10. The maximum atomic E-state index is 5.44. The van der Waals surface area contributed by atoms with Crippen LogP contribution in [0.1, 0.15) is 12.0 Å². The molecule has 138 valence electrons. The highest BCUT2D eigenvalue weighted by atomic mass is 16.5. The van der Waals surface area contributed by atoms with Crippen molar-refractivity contribution in [3.05, 3.63) is 42.0 Å². The molecule has 2 N–H and O–H groups in total. The molecule has 25 heavy (non-hydrogen) atoms. The van der Waals surface area contributed by atoms with Crippen LogP contribution in [0.3, 0.4) is 0 Å². The van der Waals surface area contributed by atoms with Crippen LogP contribution in [-0.2, 0) is 16.0 Å². The summed E-state index contributed by atoms with van der Waals surface area (Å²) in [5, 5.41) is 6.64. The molecule has 0 saturated carbocycles. The molecule has 0 aromatic heterocycles. The van der Waals surface area contributed by atoms with Gasteiger partial charge in [-0.3, -0.25) is 4.99 Å². The predicted molar refractivity (Wildman–Crippen MR) is 103 cm³/mol. The number of benzene rings is 1. The van der Waals surface area contributed by atoms with Crippen LogP contribution in [0.15, 0.2) is 41.4 Å². The summed E-state index contributed by atoms with van der Waals surface area (Å²) in [5.74, 6) is 0.810. The normalized spacial score (nSPS) is 14.2. The molecule has 0 bridgehead atoms. The van der Waals surface area contributed by atoms with Crippen molar-refractivity contribution in [1.82, 2.24) is 10.6 Å². The van der Waals surface area contributed by atoms with Crippen molar-refractivity contribution in [1.29, 1.82) is 0 Å². The van der Waals surface area contributed by atoms with E-state index in [1.165, 1.54) is 11.3 Å². The molecule has 1 aliphatic rings. The van der Waals surface area contributed by atoms with E-state index in [0.29, 0.717) is 13.2 Å². The summed E-state index contributed by atoms with van der Waals surface area (Å²) in [6, 6.07) is 8.68. The van der Waals surface area contributed by atoms with Crippen LogP contribution in [0.5, 0.6) is 0 Å². The number of guanidine groups is 1. The summed E-state index contributed by atoms with van der Waals surface area (Å²) < 4.78 is 10.4. The third-order valence-corrected chi connectivity index (χ3v) is 3.99. The van der Waals surface area contributed by atoms with Crippen LogP contribution in [0.2, 0.25) is 0 Å². The van der Waals surface area contributed by atoms with Gasteiger partial charge in [0.05, 0.1) is 13.2 Å². The minimum atomic E-state index is 0.643. The molecule has 0 radical (unpaired) electrons. The average molecular weight is 346 g/mol. The highest BCUT2D eigenvalue weighted by Gasteiger charge is 2.07. The highest BCUT2D eigenvalue weighted by molar-refractivity contribution is 5.79. The zero-order valence-corrected chi connectivity index (χ0v) is 15.3. The van der Waals surface area contributed by atoms with Gasteiger partial charge in [0.1, 0.15) is 0 Å². The number of aliphatic imine (C=N–C) groups is 1. The Morgan fingerprint density at radius 3 is 2.52 bits per heavy atom. The van der Waals surface area contributed by atoms with Crippen LogP contribution in [-0.4, -0.2) is 59.6 Å². The lowest BCUT2D eigenvalue weighted by atomic mass is 10.2. The van der Waals surface area contributed by atoms with Crippen molar-refractivity contribution >= 4 is 11.6 Å². The first-order valence-electron chi connectivity index (χ1n) is 8.83. The molecule has 1 aromatic carbocycles. The van der Waals surface area contributed by atoms with Gasteiger partial charge in [-0.2, -0.15) is 0 Å². The molecule has 1 aromatic rings. The first-order valence-corrected chi connectivity index (χ1v) is 8.83. The fourth-order valence-electron chi connectivity index (χ4n) is 2.55. The number of nitrogens with zero attached hydrogens (tertiary/aromatic N) is 2. The number of nitrogens with one attached hydrogen (secondary N) is 2. The Morgan fingerprint density at radius 1 is 1.08 bits per heavy atom. The monoisotopic (exact) mass is 346 g/mol. The number of hydrogen-bond donors (Lipinski definition) is 2. The van der Waals surface area contributed by atoms with Crippen molar-refractivity contribution in [2.75, 3.05) is 58.5 Å². The van der Waals surface area contributed by atoms with E-state index in [0.717, 1.165) is 45.2 Å². The van der Waals surface area contributed by atoms with E-state index in [1.807, 2.05) is 0 Å². The molecule has 1 heterocycles. The van der Waals surface area contributed by atoms with Crippen LogP contribution in [0.4, 0.5) is 5.69 Å². The Labute approximate surface area is 150 Å². The fourth-order valence-corrected chi connectivity index (χ4v) is 2.55. The van der Waals surface area contributed by atoms with Crippen molar-refractivity contribution in [3.63, 3.8) is 0 Å². The summed E-state index contributed by atoms with van der Waals surface area (Å²) in [6.45, 7) is 5.60. The van der Waals surface area contributed by atoms with Gasteiger partial charge in [0.2, 0.25) is 0 Å². The van der Waals surface area contributed by atoms with E-state index in [4.69, 9.17) is 9.47 Å². The molecule has 6 heteroatoms. The zero-order valence-electron chi connectivity index (χ0n) is 15.3. The van der Waals surface area contributed by atoms with Crippen molar-refractivity contribution < 1.29 is 9.47 Å². The van der Waals surface area contributed by atoms with E-state index in [9.17, 15) is 0 Å². The Balaban J connectivity index is 1.63. The van der Waals surface area contributed by atoms with E-state index in [1.54, 1.807) is 14.2 Å². The van der Waals surface area contributed by atoms with Gasteiger partial charge in [-0.15, -0.1) is 0 Å². The van der Waals surface area contributed by atoms with Gasteiger partial charge in [0, 0.05) is 52.6 Å². The number of anilines is 1. The quantitative estimate of drug-likeness (QED) is 0.293. The van der Waals surface area contributed by atoms with Crippen LogP contribution in [0.25, 0.3) is 0 Å². The summed E-state index contributed by atoms with van der Waals surface area (Å²) in [6.07, 6.45) is 5.34. The first-order chi connectivity index (χ1) is 12.3. The van der Waals surface area contributed by atoms with Crippen LogP contribution >= 0.6 is 0 Å². The van der Waals surface area contributed by atoms with E-state index >= 15 is 0 Å². The molecule has 2 rings (SSSR count). The molecule has 0 saturated heterocycles. The molecule has 0 unspecified atom stereocenters. The second-order valence-electron chi connectivity index (χ2n) is 5.85. The molecule has 0 fully saturated rings. The van der Waals surface area contributed by atoms with Crippen LogP contribution < -0.4 is 15.5 Å². The Bertz CT molecular complexity index is 535. The zero-order chi connectivity index (χ0) is 17.7. The minimum absolute atomic E-state index is 0.643. The Kier molecular flexibility index (Phi) is 8.86. The summed E-state index contributed by atoms with van der Waals surface area (Å²) in [7, 11) is 3.46. The van der Waals surface area contributed by atoms with Gasteiger partial charge in [-0.1, -0.05) is 24.3 Å². The van der Waals surface area contributed by atoms with Gasteiger partial charge in [0.25, 0.3) is 0 Å². The van der Waals surface area contributed by atoms with Gasteiger partial charge < -0.3 is 25.0 Å². The lowest BCUT2D eigenvalue weighted by Crippen LogP contribution is -2.37. The molecular formula is C19H30N4O2. The smallest absolute Gasteiger partial charge is 0.191 e. The predicted octanol–water partition coefficient (Wildman–Crippen LogP) is 1.78. The standard InChI is InChI=1S/C19H30N4O2/c1-20-19(21-10-5-13-25-15-14-24-2)22-16-17-6-8-18(9-7-17)23-11-3-4-12-23/h3-4,6-9H,5,10-16H2,1-2H3,(H2,20,21,22). The van der Waals surface area contributed by atoms with Crippen molar-refractivity contribution in [2.45, 2.75) is 13.0 Å². The summed E-state index contributed by atoms with van der Waals surface area (Å²) >= 11 is 0. The molecule has 1 aliphatic heterocycles. The molecular weight excluding hydrogens is 316 g/mol. The van der Waals surface area contributed by atoms with Gasteiger partial charge in [-0.05, 0) is 24.1 Å². The molecule has 0 amide bonds. The molecule has 6 nitrogen and oxygen atoms in total. The third kappa shape index (κ3) is 7.15. The topological polar surface area (TPSA) is 58.1 Å². The van der Waals surface area contributed by atoms with Gasteiger partial charge in [-0.25, -0.2) is 0 Å². The second kappa shape index (κ2) is 11.5. The second-order valence-corrected chi connectivity index (χ2v) is 5.85. The van der Waals surface area contributed by atoms with E-state index < -0.39 is 0 Å². The summed E-state index contributed by atoms with van der Waals surface area (Å²) in [5.41, 5.74) is 2.51. The Hall–Kier alpha value is -2.05. The first kappa shape index (κ1) is 19.3. The number of hydrogen-bond acceptors (Lipinski definition) is 4. The van der Waals surface area contributed by atoms with Crippen molar-refractivity contribution in [2.24, 2.45) is 4.99 Å². The SMILES string of the molecule is CN=C(NCCCOCCOC)NCc1ccc(N2CC=CC2)cc1. The maximum absolute atomic E-state index is 5.44. The largest absolute Gasteiger partial charge is 0.382 e. The molecule has 0 spiro atoms. The third-order valence-electron chi connectivity index (χ3n) is 3.99. The minimum Gasteiger partial charge on any atom is -0.382 e. The van der Waals surface area contributed by atoms with Gasteiger partial charge >= 0.3 is 0 Å². The molecule has 0 atom stereocenters. The number of ether oxygens (including phenoxy) is 2. The number of methoxy groups -OCH3 is 1. The van der Waals surface area contributed by atoms with Gasteiger partial charge in [0.15, 0.2) is 5.96 Å². The van der Waals surface area contributed by atoms with E-state index in [-0.39, 0.29) is 0 Å². The fraction of sp³-hybridized carbons (Fsp3) is 0.526. The molecule has 0 aliphatic carbocycles. The van der Waals surface area contributed by atoms with E-state index in [2.05, 4.69) is 56.9 Å². The van der Waals surface area contributed by atoms with Crippen LogP contribution in [0, 0.1) is 0 Å². The lowest BCUT2D eigenvalue weighted by Gasteiger charge is -2.18. The Morgan fingerprint density at radius 2 is 1.84 bits per heavy atom. The average Bonchev–Trinajstić information content (AvgIpc) is 3.18. The highest BCUT2D eigenvalue weighted by Crippen LogP contribution is 2.17.